The number of thiophene rings is 1. The van der Waals surface area contributed by atoms with Gasteiger partial charge in [-0.15, -0.1) is 11.3 Å². The van der Waals surface area contributed by atoms with E-state index in [9.17, 15) is 24.5 Å². The Bertz CT molecular complexity index is 883. The zero-order chi connectivity index (χ0) is 19.4. The molecule has 0 saturated carbocycles. The predicted octanol–water partition coefficient (Wildman–Crippen LogP) is 1.76. The summed E-state index contributed by atoms with van der Waals surface area (Å²) < 4.78 is 18.9. The van der Waals surface area contributed by atoms with Gasteiger partial charge in [-0.25, -0.2) is 14.4 Å². The van der Waals surface area contributed by atoms with Crippen LogP contribution in [0.3, 0.4) is 0 Å². The van der Waals surface area contributed by atoms with Crippen molar-refractivity contribution in [3.8, 4) is 0 Å². The van der Waals surface area contributed by atoms with Gasteiger partial charge in [-0.1, -0.05) is 0 Å². The van der Waals surface area contributed by atoms with Crippen molar-refractivity contribution >= 4 is 40.1 Å². The van der Waals surface area contributed by atoms with Crippen molar-refractivity contribution in [1.82, 2.24) is 0 Å². The molecule has 0 saturated heterocycles. The third-order valence-electron chi connectivity index (χ3n) is 3.12. The minimum absolute atomic E-state index is 0.000561. The lowest BCUT2D eigenvalue weighted by Crippen LogP contribution is -2.12. The third kappa shape index (κ3) is 3.64. The topological polar surface area (TPSA) is 161 Å². The number of esters is 3. The van der Waals surface area contributed by atoms with Gasteiger partial charge in [0.15, 0.2) is 0 Å². The zero-order valence-electron chi connectivity index (χ0n) is 13.5. The fourth-order valence-corrected chi connectivity index (χ4v) is 2.93. The number of nitrogen functional groups attached to an aromatic ring is 1. The Balaban J connectivity index is 2.29. The van der Waals surface area contributed by atoms with Gasteiger partial charge in [-0.05, 0) is 6.07 Å². The highest BCUT2D eigenvalue weighted by Gasteiger charge is 2.28. The standard InChI is InChI=1S/C14H12N2O9S/c1-22-13(18)9-6(10(14(19)23-2)26-11(9)15)5-24-12(17)7-3-4-8(25-7)16(20)21/h3-4H,5,15H2,1-2H3. The number of hydrogen-bond donors (Lipinski definition) is 1. The Hall–Kier alpha value is -3.41. The SMILES string of the molecule is COC(=O)c1sc(N)c(C(=O)OC)c1COC(=O)c1ccc([N+](=O)[O-])o1. The molecule has 0 radical (unpaired) electrons. The molecule has 0 amide bonds. The van der Waals surface area contributed by atoms with E-state index in [2.05, 4.69) is 9.47 Å². The minimum Gasteiger partial charge on any atom is -0.465 e. The number of ether oxygens (including phenoxy) is 3. The molecule has 2 heterocycles. The lowest BCUT2D eigenvalue weighted by Gasteiger charge is -2.06. The van der Waals surface area contributed by atoms with Crippen molar-refractivity contribution in [3.63, 3.8) is 0 Å². The Morgan fingerprint density at radius 3 is 2.38 bits per heavy atom. The highest BCUT2D eigenvalue weighted by molar-refractivity contribution is 7.18. The van der Waals surface area contributed by atoms with Crippen LogP contribution < -0.4 is 5.73 Å². The number of rotatable bonds is 6. The van der Waals surface area contributed by atoms with Crippen LogP contribution in [0.15, 0.2) is 16.5 Å². The third-order valence-corrected chi connectivity index (χ3v) is 4.16. The molecule has 0 bridgehead atoms. The number of hydrogen-bond acceptors (Lipinski definition) is 11. The lowest BCUT2D eigenvalue weighted by atomic mass is 10.1. The molecule has 2 rings (SSSR count). The Morgan fingerprint density at radius 1 is 1.19 bits per heavy atom. The first-order chi connectivity index (χ1) is 12.3. The number of carbonyl (C=O) groups is 3. The number of anilines is 1. The molecule has 0 spiro atoms. The number of nitrogens with zero attached hydrogens (tertiary/aromatic N) is 1. The van der Waals surface area contributed by atoms with E-state index in [-0.39, 0.29) is 21.0 Å². The van der Waals surface area contributed by atoms with Gasteiger partial charge in [-0.2, -0.15) is 0 Å². The molecular weight excluding hydrogens is 372 g/mol. The van der Waals surface area contributed by atoms with Crippen molar-refractivity contribution in [2.24, 2.45) is 0 Å². The molecule has 2 aromatic heterocycles. The van der Waals surface area contributed by atoms with E-state index in [1.165, 1.54) is 0 Å². The first-order valence-electron chi connectivity index (χ1n) is 6.79. The second-order valence-electron chi connectivity index (χ2n) is 4.60. The summed E-state index contributed by atoms with van der Waals surface area (Å²) >= 11 is 0.771. The van der Waals surface area contributed by atoms with E-state index in [4.69, 9.17) is 14.9 Å². The number of methoxy groups -OCH3 is 2. The maximum absolute atomic E-state index is 12.0. The molecule has 0 fully saturated rings. The quantitative estimate of drug-likeness (QED) is 0.336. The highest BCUT2D eigenvalue weighted by Crippen LogP contribution is 2.33. The van der Waals surface area contributed by atoms with Gasteiger partial charge >= 0.3 is 23.8 Å². The van der Waals surface area contributed by atoms with Crippen LogP contribution in [0.2, 0.25) is 0 Å². The van der Waals surface area contributed by atoms with Crippen molar-refractivity contribution < 1.29 is 37.9 Å². The maximum Gasteiger partial charge on any atom is 0.433 e. The number of nitro groups is 1. The Labute approximate surface area is 149 Å². The summed E-state index contributed by atoms with van der Waals surface area (Å²) in [6.45, 7) is -0.532. The molecule has 12 heteroatoms. The van der Waals surface area contributed by atoms with Crippen molar-refractivity contribution in [2.45, 2.75) is 6.61 Å². The van der Waals surface area contributed by atoms with Crippen LogP contribution in [0.25, 0.3) is 0 Å². The lowest BCUT2D eigenvalue weighted by molar-refractivity contribution is -0.402. The van der Waals surface area contributed by atoms with Gasteiger partial charge in [0.05, 0.1) is 20.3 Å². The van der Waals surface area contributed by atoms with E-state index in [1.54, 1.807) is 0 Å². The van der Waals surface area contributed by atoms with Crippen LogP contribution >= 0.6 is 11.3 Å². The minimum atomic E-state index is -1.03. The summed E-state index contributed by atoms with van der Waals surface area (Å²) in [7, 11) is 2.25. The summed E-state index contributed by atoms with van der Waals surface area (Å²) in [5.41, 5.74) is 5.61. The molecular formula is C14H12N2O9S. The van der Waals surface area contributed by atoms with Crippen LogP contribution in [0.4, 0.5) is 10.9 Å². The first-order valence-corrected chi connectivity index (χ1v) is 7.60. The van der Waals surface area contributed by atoms with Crippen LogP contribution in [-0.2, 0) is 20.8 Å². The van der Waals surface area contributed by atoms with E-state index in [0.29, 0.717) is 0 Å². The average molecular weight is 384 g/mol. The molecule has 0 aliphatic heterocycles. The summed E-state index contributed by atoms with van der Waals surface area (Å²) in [6.07, 6.45) is 0. The average Bonchev–Trinajstić information content (AvgIpc) is 3.23. The second-order valence-corrected chi connectivity index (χ2v) is 5.66. The molecule has 0 aliphatic rings. The van der Waals surface area contributed by atoms with Gasteiger partial charge < -0.3 is 24.4 Å². The van der Waals surface area contributed by atoms with E-state index >= 15 is 0 Å². The van der Waals surface area contributed by atoms with Crippen LogP contribution in [0, 0.1) is 10.1 Å². The van der Waals surface area contributed by atoms with E-state index in [1.807, 2.05) is 0 Å². The smallest absolute Gasteiger partial charge is 0.433 e. The van der Waals surface area contributed by atoms with Crippen molar-refractivity contribution in [3.05, 3.63) is 44.0 Å². The summed E-state index contributed by atoms with van der Waals surface area (Å²) in [6, 6.07) is 2.05. The molecule has 0 aromatic carbocycles. The molecule has 2 N–H and O–H groups in total. The predicted molar refractivity (Wildman–Crippen MR) is 85.9 cm³/mol. The Morgan fingerprint density at radius 2 is 1.85 bits per heavy atom. The number of carbonyl (C=O) groups excluding carboxylic acids is 3. The first kappa shape index (κ1) is 18.9. The monoisotopic (exact) mass is 384 g/mol. The van der Waals surface area contributed by atoms with E-state index in [0.717, 1.165) is 37.7 Å². The molecule has 2 aromatic rings. The Kier molecular flexibility index (Phi) is 5.57. The molecule has 26 heavy (non-hydrogen) atoms. The second kappa shape index (κ2) is 7.65. The van der Waals surface area contributed by atoms with Crippen LogP contribution in [-0.4, -0.2) is 37.1 Å². The van der Waals surface area contributed by atoms with Gasteiger partial charge in [0.25, 0.3) is 0 Å². The van der Waals surface area contributed by atoms with Gasteiger partial charge in [0.2, 0.25) is 5.76 Å². The molecule has 11 nitrogen and oxygen atoms in total. The van der Waals surface area contributed by atoms with Crippen LogP contribution in [0.1, 0.15) is 36.1 Å². The molecule has 0 unspecified atom stereocenters. The molecule has 138 valence electrons. The molecule has 0 atom stereocenters. The zero-order valence-corrected chi connectivity index (χ0v) is 14.3. The normalized spacial score (nSPS) is 10.2. The number of nitrogens with two attached hydrogens (primary N) is 1. The van der Waals surface area contributed by atoms with Gasteiger partial charge in [0, 0.05) is 5.56 Å². The van der Waals surface area contributed by atoms with Crippen molar-refractivity contribution in [2.75, 3.05) is 20.0 Å². The largest absolute Gasteiger partial charge is 0.465 e. The summed E-state index contributed by atoms with van der Waals surface area (Å²) in [5, 5.41) is 10.6. The fourth-order valence-electron chi connectivity index (χ4n) is 1.95. The molecule has 0 aliphatic carbocycles. The summed E-state index contributed by atoms with van der Waals surface area (Å²) in [5.74, 6) is -3.69. The van der Waals surface area contributed by atoms with Gasteiger partial charge in [0.1, 0.15) is 27.0 Å². The number of furan rings is 1. The summed E-state index contributed by atoms with van der Waals surface area (Å²) in [4.78, 5) is 45.4. The van der Waals surface area contributed by atoms with E-state index < -0.39 is 41.1 Å². The van der Waals surface area contributed by atoms with Gasteiger partial charge in [-0.3, -0.25) is 10.1 Å². The van der Waals surface area contributed by atoms with Crippen molar-refractivity contribution in [1.29, 1.82) is 0 Å². The maximum atomic E-state index is 12.0. The van der Waals surface area contributed by atoms with Crippen LogP contribution in [0.5, 0.6) is 0 Å². The fraction of sp³-hybridized carbons (Fsp3) is 0.214. The highest BCUT2D eigenvalue weighted by atomic mass is 32.1.